The molecule has 0 aromatic heterocycles. The fraction of sp³-hybridized carbons (Fsp3) is 0.500. The molecule has 0 aliphatic heterocycles. The van der Waals surface area contributed by atoms with E-state index in [4.69, 9.17) is 0 Å². The number of hydrogen-bond acceptors (Lipinski definition) is 3. The van der Waals surface area contributed by atoms with Gasteiger partial charge in [0.2, 0.25) is 0 Å². The average molecular weight is 392 g/mol. The Balaban J connectivity index is 3.72. The molecule has 0 bridgehead atoms. The van der Waals surface area contributed by atoms with Crippen LogP contribution < -0.4 is 0 Å². The van der Waals surface area contributed by atoms with Crippen LogP contribution in [0.1, 0.15) is 69.1 Å². The number of aromatic hydroxyl groups is 1. The molecule has 25 heavy (non-hydrogen) atoms. The zero-order valence-corrected chi connectivity index (χ0v) is 16.5. The zero-order chi connectivity index (χ0) is 19.6. The van der Waals surface area contributed by atoms with Gasteiger partial charge in [0.05, 0.1) is 0 Å². The molecular formula is C16H26O7P2. The summed E-state index contributed by atoms with van der Waals surface area (Å²) in [6.45, 7) is 7.67. The van der Waals surface area contributed by atoms with Crippen LogP contribution in [0.25, 0.3) is 6.08 Å². The molecule has 2 atom stereocenters. The second-order valence-corrected chi connectivity index (χ2v) is 9.75. The third-order valence-corrected chi connectivity index (χ3v) is 7.39. The number of hydrogen-bond donors (Lipinski definition) is 5. The molecule has 5 N–H and O–H groups in total. The van der Waals surface area contributed by atoms with Crippen molar-refractivity contribution in [2.45, 2.75) is 52.4 Å². The summed E-state index contributed by atoms with van der Waals surface area (Å²) in [6.07, 6.45) is 2.29. The zero-order valence-electron chi connectivity index (χ0n) is 14.7. The highest BCUT2D eigenvalue weighted by atomic mass is 31.2. The van der Waals surface area contributed by atoms with Crippen molar-refractivity contribution >= 4 is 21.3 Å². The summed E-state index contributed by atoms with van der Waals surface area (Å²) in [5.74, 6) is 0.0733. The van der Waals surface area contributed by atoms with Gasteiger partial charge in [-0.25, -0.2) is 0 Å². The Morgan fingerprint density at radius 3 is 1.60 bits per heavy atom. The molecule has 142 valence electrons. The lowest BCUT2D eigenvalue weighted by molar-refractivity contribution is 0.368. The topological polar surface area (TPSA) is 135 Å². The summed E-state index contributed by atoms with van der Waals surface area (Å²) in [7, 11) is -10.3. The summed E-state index contributed by atoms with van der Waals surface area (Å²) in [4.78, 5) is 37.1. The second-order valence-electron chi connectivity index (χ2n) is 6.26. The van der Waals surface area contributed by atoms with Crippen LogP contribution in [0, 0.1) is 0 Å². The van der Waals surface area contributed by atoms with Gasteiger partial charge in [-0.05, 0) is 59.6 Å². The van der Waals surface area contributed by atoms with Crippen molar-refractivity contribution in [3.8, 4) is 5.75 Å². The van der Waals surface area contributed by atoms with Crippen molar-refractivity contribution in [1.29, 1.82) is 0 Å². The largest absolute Gasteiger partial charge is 0.507 e. The van der Waals surface area contributed by atoms with Crippen molar-refractivity contribution in [2.75, 3.05) is 0 Å². The van der Waals surface area contributed by atoms with Crippen LogP contribution in [0.3, 0.4) is 0 Å². The molecular weight excluding hydrogens is 366 g/mol. The summed E-state index contributed by atoms with van der Waals surface area (Å²) < 4.78 is 23.0. The highest BCUT2D eigenvalue weighted by Crippen LogP contribution is 2.64. The highest BCUT2D eigenvalue weighted by Gasteiger charge is 2.36. The molecule has 0 aliphatic rings. The quantitative estimate of drug-likeness (QED) is 0.441. The predicted molar refractivity (Wildman–Crippen MR) is 97.6 cm³/mol. The van der Waals surface area contributed by atoms with E-state index in [1.165, 1.54) is 12.1 Å². The van der Waals surface area contributed by atoms with Crippen molar-refractivity contribution in [3.63, 3.8) is 0 Å². The Morgan fingerprint density at radius 2 is 1.32 bits per heavy atom. The predicted octanol–water partition coefficient (Wildman–Crippen LogP) is 4.07. The summed E-state index contributed by atoms with van der Waals surface area (Å²) in [5, 5.41) is 9.32. The molecule has 2 unspecified atom stereocenters. The Labute approximate surface area is 147 Å². The summed E-state index contributed by atoms with van der Waals surface area (Å²) in [6, 6.07) is 3.03. The third-order valence-electron chi connectivity index (χ3n) is 4.37. The standard InChI is InChI=1S/C16H26O7P2/c1-5-10(3)13-7-12(8-14(16(13)17)11(4)6-2)9-15(24(18,19)20)25(21,22)23/h7-11,17H,5-6H2,1-4H3,(H2,18,19,20)(H2,21,22,23). The lowest BCUT2D eigenvalue weighted by Gasteiger charge is -2.20. The van der Waals surface area contributed by atoms with E-state index in [0.717, 1.165) is 18.9 Å². The van der Waals surface area contributed by atoms with Gasteiger partial charge in [0.1, 0.15) is 5.75 Å². The van der Waals surface area contributed by atoms with E-state index in [2.05, 4.69) is 0 Å². The molecule has 0 saturated carbocycles. The maximum atomic E-state index is 11.5. The molecule has 0 radical (unpaired) electrons. The van der Waals surface area contributed by atoms with E-state index in [9.17, 15) is 33.8 Å². The first kappa shape index (κ1) is 22.1. The highest BCUT2D eigenvalue weighted by molar-refractivity contribution is 7.77. The van der Waals surface area contributed by atoms with Gasteiger partial charge in [-0.2, -0.15) is 0 Å². The van der Waals surface area contributed by atoms with Gasteiger partial charge in [-0.1, -0.05) is 27.7 Å². The molecule has 0 amide bonds. The van der Waals surface area contributed by atoms with Crippen LogP contribution >= 0.6 is 15.2 Å². The fourth-order valence-corrected chi connectivity index (χ4v) is 4.46. The van der Waals surface area contributed by atoms with E-state index in [-0.39, 0.29) is 23.1 Å². The minimum atomic E-state index is -5.13. The maximum absolute atomic E-state index is 11.5. The van der Waals surface area contributed by atoms with Crippen LogP contribution in [0.2, 0.25) is 0 Å². The number of phenolic OH excluding ortho intramolecular Hbond substituents is 1. The minimum Gasteiger partial charge on any atom is -0.507 e. The van der Waals surface area contributed by atoms with Gasteiger partial charge in [0, 0.05) is 0 Å². The van der Waals surface area contributed by atoms with Gasteiger partial charge in [0.25, 0.3) is 0 Å². The lowest BCUT2D eigenvalue weighted by Crippen LogP contribution is -2.00. The van der Waals surface area contributed by atoms with Crippen molar-refractivity contribution in [3.05, 3.63) is 33.9 Å². The summed E-state index contributed by atoms with van der Waals surface area (Å²) >= 11 is 0. The molecule has 0 spiro atoms. The van der Waals surface area contributed by atoms with Gasteiger partial charge in [-0.3, -0.25) is 9.13 Å². The first-order valence-corrected chi connectivity index (χ1v) is 11.3. The van der Waals surface area contributed by atoms with E-state index in [1.54, 1.807) is 0 Å². The van der Waals surface area contributed by atoms with E-state index in [1.807, 2.05) is 27.7 Å². The molecule has 1 aromatic carbocycles. The van der Waals surface area contributed by atoms with E-state index in [0.29, 0.717) is 11.1 Å². The molecule has 9 heteroatoms. The van der Waals surface area contributed by atoms with Crippen molar-refractivity contribution in [1.82, 2.24) is 0 Å². The van der Waals surface area contributed by atoms with Crippen LogP contribution in [-0.4, -0.2) is 24.7 Å². The Bertz CT molecular complexity index is 690. The normalized spacial score (nSPS) is 14.9. The number of rotatable bonds is 7. The summed E-state index contributed by atoms with van der Waals surface area (Å²) in [5.41, 5.74) is 1.41. The second kappa shape index (κ2) is 8.17. The van der Waals surface area contributed by atoms with Gasteiger partial charge in [-0.15, -0.1) is 0 Å². The number of phenols is 1. The van der Waals surface area contributed by atoms with Gasteiger partial charge < -0.3 is 24.7 Å². The monoisotopic (exact) mass is 392 g/mol. The smallest absolute Gasteiger partial charge is 0.364 e. The van der Waals surface area contributed by atoms with Gasteiger partial charge >= 0.3 is 15.2 Å². The molecule has 0 heterocycles. The minimum absolute atomic E-state index is 0.0234. The maximum Gasteiger partial charge on any atom is 0.364 e. The molecule has 7 nitrogen and oxygen atoms in total. The lowest BCUT2D eigenvalue weighted by atomic mass is 9.88. The van der Waals surface area contributed by atoms with Crippen LogP contribution in [-0.2, 0) is 9.13 Å². The van der Waals surface area contributed by atoms with Crippen LogP contribution in [0.4, 0.5) is 0 Å². The first-order valence-electron chi connectivity index (χ1n) is 8.03. The SMILES string of the molecule is CCC(C)c1cc(C=C(P(=O)(O)O)P(=O)(O)O)cc(C(C)CC)c1O. The molecule has 0 saturated heterocycles. The van der Waals surface area contributed by atoms with E-state index < -0.39 is 20.2 Å². The molecule has 1 aromatic rings. The first-order chi connectivity index (χ1) is 11.3. The van der Waals surface area contributed by atoms with E-state index >= 15 is 0 Å². The molecule has 0 aliphatic carbocycles. The average Bonchev–Trinajstić information content (AvgIpc) is 2.49. The Hall–Kier alpha value is -0.940. The Kier molecular flexibility index (Phi) is 7.22. The van der Waals surface area contributed by atoms with Crippen molar-refractivity contribution < 1.29 is 33.8 Å². The van der Waals surface area contributed by atoms with Crippen LogP contribution in [0.15, 0.2) is 17.2 Å². The Morgan fingerprint density at radius 1 is 0.960 bits per heavy atom. The third kappa shape index (κ3) is 5.52. The van der Waals surface area contributed by atoms with Crippen LogP contribution in [0.5, 0.6) is 5.75 Å². The number of benzene rings is 1. The van der Waals surface area contributed by atoms with Crippen molar-refractivity contribution in [2.24, 2.45) is 0 Å². The molecule has 1 rings (SSSR count). The van der Waals surface area contributed by atoms with Gasteiger partial charge in [0.15, 0.2) is 5.06 Å². The molecule has 0 fully saturated rings. The fourth-order valence-electron chi connectivity index (χ4n) is 2.47.